The standard InChI is InChI=1S/C22H27NO5/c1-14(24)23-18-4-2-17(3-5-18)19(25)12-28-20(26)11-21-7-15-6-16(8-21)10-22(27,9-15)13-21/h2-5,15-16,27H,6-13H2,1H3,(H,23,24)/t15-,16+,21?,22?. The molecular formula is C22H27NO5. The Bertz CT molecular complexity index is 786. The first-order valence-electron chi connectivity index (χ1n) is 10.0. The first-order chi connectivity index (χ1) is 13.2. The molecule has 28 heavy (non-hydrogen) atoms. The predicted molar refractivity (Wildman–Crippen MR) is 103 cm³/mol. The van der Waals surface area contributed by atoms with Crippen molar-refractivity contribution in [2.24, 2.45) is 17.3 Å². The Labute approximate surface area is 164 Å². The van der Waals surface area contributed by atoms with Crippen LogP contribution in [0.25, 0.3) is 0 Å². The molecule has 4 aliphatic rings. The molecule has 1 aromatic rings. The number of rotatable bonds is 6. The molecular weight excluding hydrogens is 358 g/mol. The Morgan fingerprint density at radius 1 is 1.11 bits per heavy atom. The van der Waals surface area contributed by atoms with Crippen molar-refractivity contribution in [1.29, 1.82) is 0 Å². The van der Waals surface area contributed by atoms with Gasteiger partial charge in [0.2, 0.25) is 5.91 Å². The highest BCUT2D eigenvalue weighted by molar-refractivity contribution is 5.98. The van der Waals surface area contributed by atoms with Crippen LogP contribution < -0.4 is 5.32 Å². The van der Waals surface area contributed by atoms with Gasteiger partial charge in [0, 0.05) is 18.2 Å². The molecule has 2 N–H and O–H groups in total. The van der Waals surface area contributed by atoms with E-state index < -0.39 is 5.60 Å². The van der Waals surface area contributed by atoms with Crippen molar-refractivity contribution in [2.45, 2.75) is 57.5 Å². The molecule has 4 fully saturated rings. The summed E-state index contributed by atoms with van der Waals surface area (Å²) in [4.78, 5) is 35.8. The van der Waals surface area contributed by atoms with E-state index in [1.165, 1.54) is 13.3 Å². The predicted octanol–water partition coefficient (Wildman–Crippen LogP) is 3.09. The molecule has 4 atom stereocenters. The summed E-state index contributed by atoms with van der Waals surface area (Å²) >= 11 is 0. The van der Waals surface area contributed by atoms with Crippen LogP contribution in [-0.4, -0.2) is 35.0 Å². The number of carbonyl (C=O) groups is 3. The van der Waals surface area contributed by atoms with Gasteiger partial charge in [-0.25, -0.2) is 0 Å². The van der Waals surface area contributed by atoms with E-state index in [4.69, 9.17) is 4.74 Å². The number of benzene rings is 1. The van der Waals surface area contributed by atoms with Crippen LogP contribution in [0.4, 0.5) is 5.69 Å². The molecule has 2 unspecified atom stereocenters. The molecule has 6 nitrogen and oxygen atoms in total. The van der Waals surface area contributed by atoms with Crippen molar-refractivity contribution in [3.8, 4) is 0 Å². The molecule has 4 bridgehead atoms. The van der Waals surface area contributed by atoms with E-state index in [9.17, 15) is 19.5 Å². The van der Waals surface area contributed by atoms with Gasteiger partial charge >= 0.3 is 5.97 Å². The number of Topliss-reactive ketones (excluding diaryl/α,β-unsaturated/α-hetero) is 1. The summed E-state index contributed by atoms with van der Waals surface area (Å²) < 4.78 is 5.29. The third kappa shape index (κ3) is 3.97. The van der Waals surface area contributed by atoms with E-state index in [0.717, 1.165) is 25.7 Å². The van der Waals surface area contributed by atoms with Gasteiger partial charge in [-0.15, -0.1) is 0 Å². The summed E-state index contributed by atoms with van der Waals surface area (Å²) in [6.45, 7) is 1.13. The topological polar surface area (TPSA) is 92.7 Å². The van der Waals surface area contributed by atoms with E-state index in [1.54, 1.807) is 24.3 Å². The first-order valence-corrected chi connectivity index (χ1v) is 10.0. The van der Waals surface area contributed by atoms with Gasteiger partial charge in [-0.2, -0.15) is 0 Å². The second kappa shape index (κ2) is 6.99. The number of carbonyl (C=O) groups excluding carboxylic acids is 3. The largest absolute Gasteiger partial charge is 0.457 e. The highest BCUT2D eigenvalue weighted by atomic mass is 16.5. The van der Waals surface area contributed by atoms with Crippen molar-refractivity contribution < 1.29 is 24.2 Å². The second-order valence-corrected chi connectivity index (χ2v) is 9.20. The van der Waals surface area contributed by atoms with Crippen LogP contribution >= 0.6 is 0 Å². The van der Waals surface area contributed by atoms with Gasteiger partial charge in [0.05, 0.1) is 12.0 Å². The van der Waals surface area contributed by atoms with Crippen molar-refractivity contribution in [2.75, 3.05) is 11.9 Å². The lowest BCUT2D eigenvalue weighted by atomic mass is 9.47. The Balaban J connectivity index is 1.31. The number of anilines is 1. The third-order valence-corrected chi connectivity index (χ3v) is 6.56. The summed E-state index contributed by atoms with van der Waals surface area (Å²) in [7, 11) is 0. The van der Waals surface area contributed by atoms with Gasteiger partial charge in [0.1, 0.15) is 0 Å². The monoisotopic (exact) mass is 385 g/mol. The van der Waals surface area contributed by atoms with E-state index in [1.807, 2.05) is 0 Å². The fourth-order valence-corrected chi connectivity index (χ4v) is 6.14. The average molecular weight is 385 g/mol. The lowest BCUT2D eigenvalue weighted by Gasteiger charge is -2.60. The number of esters is 1. The average Bonchev–Trinajstić information content (AvgIpc) is 2.57. The maximum atomic E-state index is 12.4. The molecule has 1 aromatic carbocycles. The lowest BCUT2D eigenvalue weighted by Crippen LogP contribution is -2.56. The summed E-state index contributed by atoms with van der Waals surface area (Å²) in [6.07, 6.45) is 5.85. The Morgan fingerprint density at radius 2 is 1.75 bits per heavy atom. The fraction of sp³-hybridized carbons (Fsp3) is 0.591. The zero-order valence-electron chi connectivity index (χ0n) is 16.2. The van der Waals surface area contributed by atoms with Crippen LogP contribution in [0, 0.1) is 17.3 Å². The number of ether oxygens (including phenoxy) is 1. The number of aliphatic hydroxyl groups is 1. The van der Waals surface area contributed by atoms with Crippen LogP contribution in [0.3, 0.4) is 0 Å². The normalized spacial score (nSPS) is 32.8. The Morgan fingerprint density at radius 3 is 2.32 bits per heavy atom. The molecule has 0 radical (unpaired) electrons. The lowest BCUT2D eigenvalue weighted by molar-refractivity contribution is -0.176. The molecule has 0 saturated heterocycles. The van der Waals surface area contributed by atoms with Gasteiger partial charge in [-0.05, 0) is 80.0 Å². The summed E-state index contributed by atoms with van der Waals surface area (Å²) in [6, 6.07) is 6.51. The van der Waals surface area contributed by atoms with Gasteiger partial charge in [0.15, 0.2) is 12.4 Å². The molecule has 0 heterocycles. The molecule has 0 aliphatic heterocycles. The first kappa shape index (κ1) is 19.1. The number of hydrogen-bond donors (Lipinski definition) is 2. The third-order valence-electron chi connectivity index (χ3n) is 6.56. The van der Waals surface area contributed by atoms with Crippen molar-refractivity contribution in [1.82, 2.24) is 0 Å². The summed E-state index contributed by atoms with van der Waals surface area (Å²) in [5.74, 6) is 0.230. The van der Waals surface area contributed by atoms with Gasteiger partial charge in [0.25, 0.3) is 0 Å². The van der Waals surface area contributed by atoms with E-state index in [0.29, 0.717) is 29.5 Å². The quantitative estimate of drug-likeness (QED) is 0.580. The van der Waals surface area contributed by atoms with Crippen LogP contribution in [0.1, 0.15) is 62.2 Å². The van der Waals surface area contributed by atoms with Crippen molar-refractivity contribution >= 4 is 23.3 Å². The molecule has 4 aliphatic carbocycles. The zero-order valence-corrected chi connectivity index (χ0v) is 16.2. The smallest absolute Gasteiger partial charge is 0.306 e. The van der Waals surface area contributed by atoms with Gasteiger partial charge in [-0.3, -0.25) is 14.4 Å². The second-order valence-electron chi connectivity index (χ2n) is 9.20. The number of ketones is 1. The highest BCUT2D eigenvalue weighted by Crippen LogP contribution is 2.62. The van der Waals surface area contributed by atoms with Crippen molar-refractivity contribution in [3.05, 3.63) is 29.8 Å². The van der Waals surface area contributed by atoms with Gasteiger partial charge in [-0.1, -0.05) is 0 Å². The summed E-state index contributed by atoms with van der Waals surface area (Å²) in [5, 5.41) is 13.4. The molecule has 150 valence electrons. The maximum absolute atomic E-state index is 12.4. The molecule has 5 rings (SSSR count). The minimum Gasteiger partial charge on any atom is -0.457 e. The number of nitrogens with one attached hydrogen (secondary N) is 1. The zero-order chi connectivity index (χ0) is 19.9. The van der Waals surface area contributed by atoms with Gasteiger partial charge < -0.3 is 15.2 Å². The highest BCUT2D eigenvalue weighted by Gasteiger charge is 2.57. The Kier molecular flexibility index (Phi) is 4.78. The SMILES string of the molecule is CC(=O)Nc1ccc(C(=O)COC(=O)CC23C[C@@H]4C[C@@H](CC(O)(C4)C2)C3)cc1. The number of amides is 1. The minimum absolute atomic E-state index is 0.154. The van der Waals surface area contributed by atoms with Crippen molar-refractivity contribution in [3.63, 3.8) is 0 Å². The molecule has 6 heteroatoms. The maximum Gasteiger partial charge on any atom is 0.306 e. The van der Waals surface area contributed by atoms with Crippen LogP contribution in [-0.2, 0) is 14.3 Å². The van der Waals surface area contributed by atoms with E-state index >= 15 is 0 Å². The molecule has 0 spiro atoms. The minimum atomic E-state index is -0.601. The molecule has 4 saturated carbocycles. The fourth-order valence-electron chi connectivity index (χ4n) is 6.14. The summed E-state index contributed by atoms with van der Waals surface area (Å²) in [5.41, 5.74) is 0.293. The Hall–Kier alpha value is -2.21. The number of hydrogen-bond acceptors (Lipinski definition) is 5. The van der Waals surface area contributed by atoms with E-state index in [2.05, 4.69) is 5.32 Å². The van der Waals surface area contributed by atoms with Crippen LogP contribution in [0.2, 0.25) is 0 Å². The van der Waals surface area contributed by atoms with E-state index in [-0.39, 0.29) is 36.1 Å². The van der Waals surface area contributed by atoms with Crippen LogP contribution in [0.15, 0.2) is 24.3 Å². The van der Waals surface area contributed by atoms with Crippen LogP contribution in [0.5, 0.6) is 0 Å². The molecule has 1 amide bonds. The molecule has 0 aromatic heterocycles.